The van der Waals surface area contributed by atoms with Gasteiger partial charge in [0.05, 0.1) is 17.7 Å². The highest BCUT2D eigenvalue weighted by molar-refractivity contribution is 7.92. The Morgan fingerprint density at radius 1 is 1.12 bits per heavy atom. The molecule has 0 heterocycles. The standard InChI is InChI=1S/C18H20FN3O3S/c1-13-4-6-15(7-5-13)14(2)20-21-18(23)12-22(26(3,24)25)17-10-8-16(19)9-11-17/h4-11H,12H2,1-3H3,(H,21,23)/b20-14-. The lowest BCUT2D eigenvalue weighted by atomic mass is 10.1. The van der Waals surface area contributed by atoms with E-state index in [9.17, 15) is 17.6 Å². The first-order valence-corrected chi connectivity index (χ1v) is 9.65. The molecule has 1 N–H and O–H groups in total. The number of carbonyl (C=O) groups excluding carboxylic acids is 1. The summed E-state index contributed by atoms with van der Waals surface area (Å²) < 4.78 is 37.8. The summed E-state index contributed by atoms with van der Waals surface area (Å²) in [7, 11) is -3.72. The van der Waals surface area contributed by atoms with Crippen molar-refractivity contribution in [3.05, 3.63) is 65.5 Å². The molecule has 2 rings (SSSR count). The van der Waals surface area contributed by atoms with Gasteiger partial charge in [-0.3, -0.25) is 9.10 Å². The summed E-state index contributed by atoms with van der Waals surface area (Å²) in [4.78, 5) is 12.1. The lowest BCUT2D eigenvalue weighted by Gasteiger charge is -2.21. The third-order valence-corrected chi connectivity index (χ3v) is 4.76. The van der Waals surface area contributed by atoms with Crippen LogP contribution in [0.1, 0.15) is 18.1 Å². The molecule has 0 unspecified atom stereocenters. The van der Waals surface area contributed by atoms with E-state index in [1.165, 1.54) is 12.1 Å². The monoisotopic (exact) mass is 377 g/mol. The average molecular weight is 377 g/mol. The largest absolute Gasteiger partial charge is 0.271 e. The normalized spacial score (nSPS) is 11.9. The van der Waals surface area contributed by atoms with E-state index >= 15 is 0 Å². The number of benzene rings is 2. The van der Waals surface area contributed by atoms with Crippen LogP contribution in [0, 0.1) is 12.7 Å². The Kier molecular flexibility index (Phi) is 6.10. The van der Waals surface area contributed by atoms with Gasteiger partial charge in [-0.15, -0.1) is 0 Å². The SMILES string of the molecule is C/C(=N/NC(=O)CN(c1ccc(F)cc1)S(C)(=O)=O)c1ccc(C)cc1. The first-order valence-electron chi connectivity index (χ1n) is 7.80. The number of hydrogen-bond donors (Lipinski definition) is 1. The van der Waals surface area contributed by atoms with E-state index in [1.807, 2.05) is 31.2 Å². The highest BCUT2D eigenvalue weighted by Crippen LogP contribution is 2.17. The molecule has 0 aliphatic carbocycles. The van der Waals surface area contributed by atoms with Crippen molar-refractivity contribution in [1.82, 2.24) is 5.43 Å². The zero-order valence-corrected chi connectivity index (χ0v) is 15.5. The van der Waals surface area contributed by atoms with Crippen LogP contribution in [0.3, 0.4) is 0 Å². The number of hydrogen-bond acceptors (Lipinski definition) is 4. The number of carbonyl (C=O) groups is 1. The van der Waals surface area contributed by atoms with Crippen molar-refractivity contribution >= 4 is 27.3 Å². The third-order valence-electron chi connectivity index (χ3n) is 3.62. The van der Waals surface area contributed by atoms with E-state index < -0.39 is 28.3 Å². The van der Waals surface area contributed by atoms with Crippen molar-refractivity contribution in [3.63, 3.8) is 0 Å². The molecule has 26 heavy (non-hydrogen) atoms. The maximum atomic E-state index is 13.0. The molecule has 2 aromatic rings. The van der Waals surface area contributed by atoms with Gasteiger partial charge in [-0.25, -0.2) is 18.2 Å². The van der Waals surface area contributed by atoms with E-state index in [1.54, 1.807) is 6.92 Å². The molecule has 6 nitrogen and oxygen atoms in total. The fourth-order valence-corrected chi connectivity index (χ4v) is 3.04. The van der Waals surface area contributed by atoms with Crippen LogP contribution in [0.25, 0.3) is 0 Å². The van der Waals surface area contributed by atoms with Gasteiger partial charge < -0.3 is 0 Å². The van der Waals surface area contributed by atoms with Crippen LogP contribution in [0.15, 0.2) is 53.6 Å². The number of aryl methyl sites for hydroxylation is 1. The molecule has 2 aromatic carbocycles. The van der Waals surface area contributed by atoms with Gasteiger partial charge >= 0.3 is 0 Å². The smallest absolute Gasteiger partial charge is 0.260 e. The molecule has 0 aliphatic rings. The molecule has 1 amide bonds. The highest BCUT2D eigenvalue weighted by Gasteiger charge is 2.20. The summed E-state index contributed by atoms with van der Waals surface area (Å²) in [6.07, 6.45) is 0.977. The summed E-state index contributed by atoms with van der Waals surface area (Å²) in [5.41, 5.74) is 5.08. The number of nitrogens with zero attached hydrogens (tertiary/aromatic N) is 2. The fourth-order valence-electron chi connectivity index (χ4n) is 2.18. The second-order valence-corrected chi connectivity index (χ2v) is 7.75. The minimum Gasteiger partial charge on any atom is -0.271 e. The number of nitrogens with one attached hydrogen (secondary N) is 1. The number of anilines is 1. The van der Waals surface area contributed by atoms with E-state index in [-0.39, 0.29) is 5.69 Å². The maximum absolute atomic E-state index is 13.0. The Morgan fingerprint density at radius 3 is 2.23 bits per heavy atom. The number of amides is 1. The van der Waals surface area contributed by atoms with Gasteiger partial charge in [0.1, 0.15) is 12.4 Å². The molecule has 0 atom stereocenters. The predicted octanol–water partition coefficient (Wildman–Crippen LogP) is 2.44. The van der Waals surface area contributed by atoms with Crippen LogP contribution in [0.2, 0.25) is 0 Å². The molecular weight excluding hydrogens is 357 g/mol. The Balaban J connectivity index is 2.11. The van der Waals surface area contributed by atoms with Crippen molar-refractivity contribution in [1.29, 1.82) is 0 Å². The predicted molar refractivity (Wildman–Crippen MR) is 100 cm³/mol. The number of sulfonamides is 1. The van der Waals surface area contributed by atoms with E-state index in [0.29, 0.717) is 5.71 Å². The highest BCUT2D eigenvalue weighted by atomic mass is 32.2. The molecule has 0 spiro atoms. The topological polar surface area (TPSA) is 78.8 Å². The molecule has 0 saturated heterocycles. The lowest BCUT2D eigenvalue weighted by molar-refractivity contribution is -0.119. The Morgan fingerprint density at radius 2 is 1.69 bits per heavy atom. The minimum absolute atomic E-state index is 0.197. The third kappa shape index (κ3) is 5.38. The van der Waals surface area contributed by atoms with Crippen LogP contribution in [0.5, 0.6) is 0 Å². The first-order chi connectivity index (χ1) is 12.2. The van der Waals surface area contributed by atoms with Crippen LogP contribution < -0.4 is 9.73 Å². The van der Waals surface area contributed by atoms with Crippen molar-refractivity contribution in [2.75, 3.05) is 17.1 Å². The van der Waals surface area contributed by atoms with Gasteiger partial charge in [0.2, 0.25) is 10.0 Å². The zero-order valence-electron chi connectivity index (χ0n) is 14.7. The quantitative estimate of drug-likeness (QED) is 0.620. The van der Waals surface area contributed by atoms with Gasteiger partial charge in [-0.1, -0.05) is 29.8 Å². The number of halogens is 1. The molecule has 0 saturated carbocycles. The Bertz CT molecular complexity index is 908. The second-order valence-electron chi connectivity index (χ2n) is 5.84. The molecule has 0 radical (unpaired) electrons. The summed E-state index contributed by atoms with van der Waals surface area (Å²) in [5, 5.41) is 4.00. The van der Waals surface area contributed by atoms with Gasteiger partial charge in [0.15, 0.2) is 0 Å². The van der Waals surface area contributed by atoms with Gasteiger partial charge in [-0.2, -0.15) is 5.10 Å². The molecule has 0 aromatic heterocycles. The van der Waals surface area contributed by atoms with Gasteiger partial charge in [0, 0.05) is 0 Å². The van der Waals surface area contributed by atoms with E-state index in [0.717, 1.165) is 33.8 Å². The molecule has 8 heteroatoms. The Labute approximate surface area is 152 Å². The summed E-state index contributed by atoms with van der Waals surface area (Å²) in [5.74, 6) is -1.10. The van der Waals surface area contributed by atoms with Gasteiger partial charge in [0.25, 0.3) is 5.91 Å². The lowest BCUT2D eigenvalue weighted by Crippen LogP contribution is -2.39. The van der Waals surface area contributed by atoms with Crippen molar-refractivity contribution in [2.45, 2.75) is 13.8 Å². The summed E-state index contributed by atoms with van der Waals surface area (Å²) in [6, 6.07) is 12.5. The number of hydrazone groups is 1. The fraction of sp³-hybridized carbons (Fsp3) is 0.222. The number of rotatable bonds is 6. The van der Waals surface area contributed by atoms with Crippen molar-refractivity contribution in [3.8, 4) is 0 Å². The first kappa shape index (κ1) is 19.6. The summed E-state index contributed by atoms with van der Waals surface area (Å²) >= 11 is 0. The van der Waals surface area contributed by atoms with E-state index in [4.69, 9.17) is 0 Å². The summed E-state index contributed by atoms with van der Waals surface area (Å²) in [6.45, 7) is 3.24. The Hall–Kier alpha value is -2.74. The molecule has 0 bridgehead atoms. The van der Waals surface area contributed by atoms with Gasteiger partial charge in [-0.05, 0) is 43.7 Å². The minimum atomic E-state index is -3.72. The maximum Gasteiger partial charge on any atom is 0.260 e. The molecule has 0 fully saturated rings. The van der Waals surface area contributed by atoms with Crippen molar-refractivity contribution < 1.29 is 17.6 Å². The van der Waals surface area contributed by atoms with Crippen LogP contribution in [-0.2, 0) is 14.8 Å². The molecule has 0 aliphatic heterocycles. The van der Waals surface area contributed by atoms with Crippen LogP contribution >= 0.6 is 0 Å². The second kappa shape index (κ2) is 8.09. The molecule has 138 valence electrons. The average Bonchev–Trinajstić information content (AvgIpc) is 2.58. The zero-order chi connectivity index (χ0) is 19.3. The van der Waals surface area contributed by atoms with E-state index in [2.05, 4.69) is 10.5 Å². The van der Waals surface area contributed by atoms with Crippen LogP contribution in [0.4, 0.5) is 10.1 Å². The van der Waals surface area contributed by atoms with Crippen molar-refractivity contribution in [2.24, 2.45) is 5.10 Å². The molecular formula is C18H20FN3O3S. The van der Waals surface area contributed by atoms with Crippen LogP contribution in [-0.4, -0.2) is 32.8 Å².